The van der Waals surface area contributed by atoms with Crippen LogP contribution < -0.4 is 4.74 Å². The van der Waals surface area contributed by atoms with Gasteiger partial charge in [0.25, 0.3) is 0 Å². The van der Waals surface area contributed by atoms with Crippen molar-refractivity contribution in [2.75, 3.05) is 7.11 Å². The molecule has 0 radical (unpaired) electrons. The summed E-state index contributed by atoms with van der Waals surface area (Å²) in [5, 5.41) is 9.21. The molecule has 3 nitrogen and oxygen atoms in total. The number of carbonyl (C=O) groups is 1. The van der Waals surface area contributed by atoms with E-state index in [1.54, 1.807) is 6.92 Å². The van der Waals surface area contributed by atoms with Gasteiger partial charge in [0.1, 0.15) is 11.3 Å². The van der Waals surface area contributed by atoms with Crippen LogP contribution in [-0.2, 0) is 0 Å². The summed E-state index contributed by atoms with van der Waals surface area (Å²) >= 11 is 3.38. The zero-order valence-corrected chi connectivity index (χ0v) is 11.4. The van der Waals surface area contributed by atoms with Crippen LogP contribution in [0.5, 0.6) is 5.75 Å². The Morgan fingerprint density at radius 1 is 1.50 bits per heavy atom. The summed E-state index contributed by atoms with van der Waals surface area (Å²) in [7, 11) is 1.50. The van der Waals surface area contributed by atoms with E-state index in [1.165, 1.54) is 7.11 Å². The molecule has 0 heterocycles. The summed E-state index contributed by atoms with van der Waals surface area (Å²) in [5.41, 5.74) is 1.83. The molecule has 1 aromatic carbocycles. The molecule has 0 aliphatic rings. The molecule has 88 valence electrons. The number of benzene rings is 1. The average Bonchev–Trinajstić information content (AvgIpc) is 2.20. The minimum Gasteiger partial charge on any atom is -0.496 e. The van der Waals surface area contributed by atoms with E-state index >= 15 is 0 Å². The molecule has 0 amide bonds. The molecule has 0 saturated heterocycles. The van der Waals surface area contributed by atoms with Gasteiger partial charge in [-0.15, -0.1) is 0 Å². The Bertz CT molecular complexity index is 425. The van der Waals surface area contributed by atoms with E-state index < -0.39 is 5.97 Å². The number of carboxylic acid groups (broad SMARTS) is 1. The first kappa shape index (κ1) is 13.0. The predicted octanol–water partition coefficient (Wildman–Crippen LogP) is 3.59. The fourth-order valence-electron chi connectivity index (χ4n) is 1.65. The molecule has 0 saturated carbocycles. The Balaban J connectivity index is 3.62. The van der Waals surface area contributed by atoms with Gasteiger partial charge in [0.15, 0.2) is 0 Å². The van der Waals surface area contributed by atoms with E-state index in [2.05, 4.69) is 15.9 Å². The highest BCUT2D eigenvalue weighted by Gasteiger charge is 2.21. The van der Waals surface area contributed by atoms with Crippen molar-refractivity contribution in [3.8, 4) is 5.75 Å². The van der Waals surface area contributed by atoms with Gasteiger partial charge in [-0.2, -0.15) is 0 Å². The number of rotatable bonds is 3. The molecule has 0 bridgehead atoms. The summed E-state index contributed by atoms with van der Waals surface area (Å²) in [6.07, 6.45) is 0. The number of ether oxygens (including phenoxy) is 1. The van der Waals surface area contributed by atoms with Crippen molar-refractivity contribution in [2.24, 2.45) is 0 Å². The van der Waals surface area contributed by atoms with Crippen LogP contribution >= 0.6 is 15.9 Å². The van der Waals surface area contributed by atoms with Crippen LogP contribution in [0.1, 0.15) is 41.3 Å². The molecule has 1 rings (SSSR count). The highest BCUT2D eigenvalue weighted by Crippen LogP contribution is 2.36. The molecular weight excluding hydrogens is 272 g/mol. The lowest BCUT2D eigenvalue weighted by molar-refractivity contribution is 0.0692. The lowest BCUT2D eigenvalue weighted by atomic mass is 9.96. The summed E-state index contributed by atoms with van der Waals surface area (Å²) in [4.78, 5) is 11.2. The average molecular weight is 287 g/mol. The molecule has 1 aromatic rings. The quantitative estimate of drug-likeness (QED) is 0.924. The van der Waals surface area contributed by atoms with Crippen LogP contribution in [0.2, 0.25) is 0 Å². The lowest BCUT2D eigenvalue weighted by Gasteiger charge is -2.17. The zero-order chi connectivity index (χ0) is 12.5. The minimum absolute atomic E-state index is 0.213. The van der Waals surface area contributed by atoms with Crippen LogP contribution in [0.3, 0.4) is 0 Å². The third kappa shape index (κ3) is 2.21. The van der Waals surface area contributed by atoms with Gasteiger partial charge in [-0.1, -0.05) is 29.8 Å². The van der Waals surface area contributed by atoms with Gasteiger partial charge >= 0.3 is 5.97 Å². The first-order valence-corrected chi connectivity index (χ1v) is 5.79. The molecule has 0 unspecified atom stereocenters. The van der Waals surface area contributed by atoms with Gasteiger partial charge in [-0.05, 0) is 30.0 Å². The third-order valence-corrected chi connectivity index (χ3v) is 3.37. The maximum atomic E-state index is 11.2. The van der Waals surface area contributed by atoms with Crippen LogP contribution in [0, 0.1) is 6.92 Å². The van der Waals surface area contributed by atoms with Crippen molar-refractivity contribution >= 4 is 21.9 Å². The summed E-state index contributed by atoms with van der Waals surface area (Å²) in [6, 6.07) is 1.92. The Hall–Kier alpha value is -1.03. The van der Waals surface area contributed by atoms with E-state index in [-0.39, 0.29) is 11.5 Å². The molecule has 0 aliphatic heterocycles. The monoisotopic (exact) mass is 286 g/mol. The molecule has 16 heavy (non-hydrogen) atoms. The van der Waals surface area contributed by atoms with Crippen LogP contribution in [0.25, 0.3) is 0 Å². The van der Waals surface area contributed by atoms with Crippen molar-refractivity contribution in [1.82, 2.24) is 0 Å². The minimum atomic E-state index is -0.961. The smallest absolute Gasteiger partial charge is 0.339 e. The molecule has 1 N–H and O–H groups in total. The maximum absolute atomic E-state index is 11.2. The van der Waals surface area contributed by atoms with Gasteiger partial charge in [0.2, 0.25) is 0 Å². The SMILES string of the molecule is COc1c(C(C)C)cc(Br)c(C)c1C(=O)O. The molecule has 0 atom stereocenters. The van der Waals surface area contributed by atoms with Crippen LogP contribution in [-0.4, -0.2) is 18.2 Å². The second-order valence-electron chi connectivity index (χ2n) is 3.94. The van der Waals surface area contributed by atoms with E-state index in [4.69, 9.17) is 4.74 Å². The number of aromatic carboxylic acids is 1. The highest BCUT2D eigenvalue weighted by molar-refractivity contribution is 9.10. The Morgan fingerprint density at radius 2 is 2.06 bits per heavy atom. The van der Waals surface area contributed by atoms with Gasteiger partial charge in [0, 0.05) is 4.47 Å². The fourth-order valence-corrected chi connectivity index (χ4v) is 2.10. The largest absolute Gasteiger partial charge is 0.496 e. The summed E-state index contributed by atoms with van der Waals surface area (Å²) in [5.74, 6) is -0.286. The lowest BCUT2D eigenvalue weighted by Crippen LogP contribution is -2.07. The summed E-state index contributed by atoms with van der Waals surface area (Å²) < 4.78 is 6.03. The third-order valence-electron chi connectivity index (χ3n) is 2.54. The standard InChI is InChI=1S/C12H15BrO3/c1-6(2)8-5-9(13)7(3)10(12(14)15)11(8)16-4/h5-6H,1-4H3,(H,14,15). The second-order valence-corrected chi connectivity index (χ2v) is 4.80. The second kappa shape index (κ2) is 4.87. The molecule has 0 aliphatic carbocycles. The molecule has 4 heteroatoms. The van der Waals surface area contributed by atoms with E-state index in [9.17, 15) is 9.90 Å². The molecular formula is C12H15BrO3. The number of carboxylic acids is 1. The Kier molecular flexibility index (Phi) is 3.97. The van der Waals surface area contributed by atoms with Crippen molar-refractivity contribution < 1.29 is 14.6 Å². The van der Waals surface area contributed by atoms with Crippen molar-refractivity contribution in [3.63, 3.8) is 0 Å². The van der Waals surface area contributed by atoms with E-state index in [0.29, 0.717) is 11.3 Å². The van der Waals surface area contributed by atoms with Gasteiger partial charge in [0.05, 0.1) is 7.11 Å². The van der Waals surface area contributed by atoms with E-state index in [0.717, 1.165) is 10.0 Å². The Labute approximate surface area is 104 Å². The topological polar surface area (TPSA) is 46.5 Å². The number of halogens is 1. The molecule has 0 spiro atoms. The van der Waals surface area contributed by atoms with Crippen molar-refractivity contribution in [3.05, 3.63) is 27.2 Å². The number of hydrogen-bond donors (Lipinski definition) is 1. The zero-order valence-electron chi connectivity index (χ0n) is 9.80. The molecule has 0 aromatic heterocycles. The van der Waals surface area contributed by atoms with Gasteiger partial charge in [-0.3, -0.25) is 0 Å². The van der Waals surface area contributed by atoms with Crippen molar-refractivity contribution in [2.45, 2.75) is 26.7 Å². The number of hydrogen-bond acceptors (Lipinski definition) is 2. The van der Waals surface area contributed by atoms with Gasteiger partial charge < -0.3 is 9.84 Å². The predicted molar refractivity (Wildman–Crippen MR) is 66.5 cm³/mol. The van der Waals surface area contributed by atoms with Crippen LogP contribution in [0.4, 0.5) is 0 Å². The van der Waals surface area contributed by atoms with Crippen LogP contribution in [0.15, 0.2) is 10.5 Å². The first-order valence-electron chi connectivity index (χ1n) is 5.00. The molecule has 0 fully saturated rings. The van der Waals surface area contributed by atoms with Gasteiger partial charge in [-0.25, -0.2) is 4.79 Å². The Morgan fingerprint density at radius 3 is 2.44 bits per heavy atom. The normalized spacial score (nSPS) is 10.6. The highest BCUT2D eigenvalue weighted by atomic mass is 79.9. The summed E-state index contributed by atoms with van der Waals surface area (Å²) in [6.45, 7) is 5.77. The first-order chi connectivity index (χ1) is 7.40. The van der Waals surface area contributed by atoms with Crippen molar-refractivity contribution in [1.29, 1.82) is 0 Å². The maximum Gasteiger partial charge on any atom is 0.339 e. The number of methoxy groups -OCH3 is 1. The fraction of sp³-hybridized carbons (Fsp3) is 0.417. The van der Waals surface area contributed by atoms with E-state index in [1.807, 2.05) is 19.9 Å².